The van der Waals surface area contributed by atoms with Crippen LogP contribution in [0.5, 0.6) is 5.75 Å². The molecule has 0 aromatic heterocycles. The lowest BCUT2D eigenvalue weighted by atomic mass is 10.0. The zero-order chi connectivity index (χ0) is 13.7. The maximum Gasteiger partial charge on any atom is 0.126 e. The van der Waals surface area contributed by atoms with Crippen molar-refractivity contribution in [3.05, 3.63) is 64.7 Å². The SMILES string of the molecule is OCc1cc(C#Cc2ccccc2)cc(CO)c1O. The fourth-order valence-corrected chi connectivity index (χ4v) is 1.74. The zero-order valence-corrected chi connectivity index (χ0v) is 10.3. The first-order valence-electron chi connectivity index (χ1n) is 5.88. The minimum Gasteiger partial charge on any atom is -0.507 e. The van der Waals surface area contributed by atoms with E-state index in [1.807, 2.05) is 30.3 Å². The molecule has 0 spiro atoms. The molecule has 0 radical (unpaired) electrons. The van der Waals surface area contributed by atoms with E-state index < -0.39 is 0 Å². The average molecular weight is 254 g/mol. The first-order valence-corrected chi connectivity index (χ1v) is 5.88. The van der Waals surface area contributed by atoms with Gasteiger partial charge in [0, 0.05) is 22.3 Å². The van der Waals surface area contributed by atoms with Crippen LogP contribution in [0.25, 0.3) is 0 Å². The van der Waals surface area contributed by atoms with Gasteiger partial charge in [0.15, 0.2) is 0 Å². The standard InChI is InChI=1S/C16H14O3/c17-10-14-8-13(9-15(11-18)16(14)19)7-6-12-4-2-1-3-5-12/h1-5,8-9,17-19H,10-11H2. The molecule has 0 aliphatic carbocycles. The fraction of sp³-hybridized carbons (Fsp3) is 0.125. The van der Waals surface area contributed by atoms with Gasteiger partial charge < -0.3 is 15.3 Å². The largest absolute Gasteiger partial charge is 0.507 e. The zero-order valence-electron chi connectivity index (χ0n) is 10.3. The molecule has 2 rings (SSSR count). The average Bonchev–Trinajstić information content (AvgIpc) is 2.47. The van der Waals surface area contributed by atoms with Crippen molar-refractivity contribution in [2.45, 2.75) is 13.2 Å². The summed E-state index contributed by atoms with van der Waals surface area (Å²) >= 11 is 0. The number of aliphatic hydroxyl groups excluding tert-OH is 2. The Balaban J connectivity index is 2.39. The van der Waals surface area contributed by atoms with Crippen molar-refractivity contribution in [2.24, 2.45) is 0 Å². The van der Waals surface area contributed by atoms with Gasteiger partial charge in [-0.05, 0) is 24.3 Å². The predicted octanol–water partition coefficient (Wildman–Crippen LogP) is 1.78. The molecule has 0 aliphatic rings. The molecule has 0 bridgehead atoms. The lowest BCUT2D eigenvalue weighted by molar-refractivity contribution is 0.263. The van der Waals surface area contributed by atoms with E-state index >= 15 is 0 Å². The Bertz CT molecular complexity index is 596. The van der Waals surface area contributed by atoms with Crippen LogP contribution in [0.2, 0.25) is 0 Å². The van der Waals surface area contributed by atoms with Gasteiger partial charge in [0.25, 0.3) is 0 Å². The van der Waals surface area contributed by atoms with E-state index in [9.17, 15) is 5.11 Å². The van der Waals surface area contributed by atoms with Crippen LogP contribution < -0.4 is 0 Å². The monoisotopic (exact) mass is 254 g/mol. The van der Waals surface area contributed by atoms with Gasteiger partial charge in [-0.3, -0.25) is 0 Å². The highest BCUT2D eigenvalue weighted by Gasteiger charge is 2.07. The fourth-order valence-electron chi connectivity index (χ4n) is 1.74. The van der Waals surface area contributed by atoms with Crippen LogP contribution in [0.1, 0.15) is 22.3 Å². The van der Waals surface area contributed by atoms with Gasteiger partial charge in [0.2, 0.25) is 0 Å². The summed E-state index contributed by atoms with van der Waals surface area (Å²) in [6.07, 6.45) is 0. The van der Waals surface area contributed by atoms with E-state index in [0.29, 0.717) is 16.7 Å². The molecule has 0 atom stereocenters. The molecule has 0 saturated heterocycles. The topological polar surface area (TPSA) is 60.7 Å². The summed E-state index contributed by atoms with van der Waals surface area (Å²) in [5, 5.41) is 28.0. The molecule has 3 N–H and O–H groups in total. The highest BCUT2D eigenvalue weighted by molar-refractivity contribution is 5.50. The van der Waals surface area contributed by atoms with Gasteiger partial charge in [-0.25, -0.2) is 0 Å². The molecule has 2 aromatic rings. The van der Waals surface area contributed by atoms with Crippen LogP contribution in [-0.2, 0) is 13.2 Å². The summed E-state index contributed by atoms with van der Waals surface area (Å²) in [7, 11) is 0. The number of benzene rings is 2. The maximum absolute atomic E-state index is 9.73. The van der Waals surface area contributed by atoms with Crippen molar-refractivity contribution >= 4 is 0 Å². The minimum absolute atomic E-state index is 0.0738. The lowest BCUT2D eigenvalue weighted by Crippen LogP contribution is -1.93. The van der Waals surface area contributed by atoms with E-state index in [4.69, 9.17) is 10.2 Å². The molecular weight excluding hydrogens is 240 g/mol. The van der Waals surface area contributed by atoms with Gasteiger partial charge in [0.1, 0.15) is 5.75 Å². The quantitative estimate of drug-likeness (QED) is 0.716. The molecule has 96 valence electrons. The van der Waals surface area contributed by atoms with Crippen molar-refractivity contribution in [3.63, 3.8) is 0 Å². The summed E-state index contributed by atoms with van der Waals surface area (Å²) in [6.45, 7) is -0.584. The molecule has 0 saturated carbocycles. The first-order chi connectivity index (χ1) is 9.24. The minimum atomic E-state index is -0.292. The Labute approximate surface area is 111 Å². The number of aromatic hydroxyl groups is 1. The maximum atomic E-state index is 9.73. The highest BCUT2D eigenvalue weighted by Crippen LogP contribution is 2.24. The Morgan fingerprint density at radius 1 is 0.789 bits per heavy atom. The van der Waals surface area contributed by atoms with Crippen LogP contribution in [0.3, 0.4) is 0 Å². The van der Waals surface area contributed by atoms with Crippen molar-refractivity contribution in [3.8, 4) is 17.6 Å². The second-order valence-corrected chi connectivity index (χ2v) is 4.08. The highest BCUT2D eigenvalue weighted by atomic mass is 16.3. The smallest absolute Gasteiger partial charge is 0.126 e. The normalized spacial score (nSPS) is 9.79. The van der Waals surface area contributed by atoms with E-state index in [2.05, 4.69) is 11.8 Å². The molecule has 19 heavy (non-hydrogen) atoms. The van der Waals surface area contributed by atoms with Gasteiger partial charge >= 0.3 is 0 Å². The summed E-state index contributed by atoms with van der Waals surface area (Å²) in [5.41, 5.74) is 2.26. The molecule has 0 amide bonds. The summed E-state index contributed by atoms with van der Waals surface area (Å²) in [5.74, 6) is 5.87. The molecular formula is C16H14O3. The number of hydrogen-bond donors (Lipinski definition) is 3. The summed E-state index contributed by atoms with van der Waals surface area (Å²) < 4.78 is 0. The van der Waals surface area contributed by atoms with Crippen LogP contribution in [0, 0.1) is 11.8 Å². The second kappa shape index (κ2) is 6.05. The van der Waals surface area contributed by atoms with E-state index in [0.717, 1.165) is 5.56 Å². The van der Waals surface area contributed by atoms with Crippen molar-refractivity contribution < 1.29 is 15.3 Å². The van der Waals surface area contributed by atoms with Crippen LogP contribution in [-0.4, -0.2) is 15.3 Å². The molecule has 0 heterocycles. The molecule has 3 nitrogen and oxygen atoms in total. The third kappa shape index (κ3) is 3.14. The van der Waals surface area contributed by atoms with Crippen molar-refractivity contribution in [1.82, 2.24) is 0 Å². The number of aliphatic hydroxyl groups is 2. The number of hydrogen-bond acceptors (Lipinski definition) is 3. The van der Waals surface area contributed by atoms with Crippen LogP contribution in [0.4, 0.5) is 0 Å². The lowest BCUT2D eigenvalue weighted by Gasteiger charge is -2.07. The summed E-state index contributed by atoms with van der Waals surface area (Å²) in [4.78, 5) is 0. The predicted molar refractivity (Wildman–Crippen MR) is 72.4 cm³/mol. The molecule has 3 heteroatoms. The number of phenols is 1. The number of rotatable bonds is 2. The van der Waals surface area contributed by atoms with E-state index in [1.165, 1.54) is 0 Å². The molecule has 0 unspecified atom stereocenters. The Morgan fingerprint density at radius 3 is 1.84 bits per heavy atom. The first kappa shape index (κ1) is 13.2. The molecule has 0 aliphatic heterocycles. The van der Waals surface area contributed by atoms with Crippen LogP contribution >= 0.6 is 0 Å². The van der Waals surface area contributed by atoms with Gasteiger partial charge in [0.05, 0.1) is 13.2 Å². The molecule has 0 fully saturated rings. The summed E-state index contributed by atoms with van der Waals surface area (Å²) in [6, 6.07) is 12.7. The second-order valence-electron chi connectivity index (χ2n) is 4.08. The van der Waals surface area contributed by atoms with E-state index in [-0.39, 0.29) is 19.0 Å². The third-order valence-electron chi connectivity index (χ3n) is 2.73. The Hall–Kier alpha value is -2.28. The van der Waals surface area contributed by atoms with Crippen LogP contribution in [0.15, 0.2) is 42.5 Å². The van der Waals surface area contributed by atoms with Crippen molar-refractivity contribution in [2.75, 3.05) is 0 Å². The Kier molecular flexibility index (Phi) is 4.19. The Morgan fingerprint density at radius 2 is 1.32 bits per heavy atom. The van der Waals surface area contributed by atoms with Gasteiger partial charge in [-0.1, -0.05) is 30.0 Å². The van der Waals surface area contributed by atoms with Crippen molar-refractivity contribution in [1.29, 1.82) is 0 Å². The van der Waals surface area contributed by atoms with E-state index in [1.54, 1.807) is 12.1 Å². The van der Waals surface area contributed by atoms with Gasteiger partial charge in [-0.2, -0.15) is 0 Å². The molecule has 2 aromatic carbocycles. The third-order valence-corrected chi connectivity index (χ3v) is 2.73. The van der Waals surface area contributed by atoms with Gasteiger partial charge in [-0.15, -0.1) is 0 Å².